The van der Waals surface area contributed by atoms with E-state index in [9.17, 15) is 0 Å². The van der Waals surface area contributed by atoms with Gasteiger partial charge in [-0.15, -0.1) is 24.0 Å². The quantitative estimate of drug-likeness (QED) is 0.441. The van der Waals surface area contributed by atoms with Gasteiger partial charge in [0.1, 0.15) is 6.10 Å². The molecule has 1 aliphatic carbocycles. The highest BCUT2D eigenvalue weighted by Gasteiger charge is 2.43. The molecule has 1 aliphatic heterocycles. The van der Waals surface area contributed by atoms with Crippen LogP contribution in [0, 0.1) is 0 Å². The number of nitrogens with two attached hydrogens (primary N) is 2. The van der Waals surface area contributed by atoms with Crippen LogP contribution in [0.1, 0.15) is 25.7 Å². The van der Waals surface area contributed by atoms with Crippen LogP contribution in [0.2, 0.25) is 0 Å². The van der Waals surface area contributed by atoms with Crippen molar-refractivity contribution in [3.05, 3.63) is 0 Å². The standard InChI is InChI=1S/C9H17N3O2.HI/c10-8(11)12-5-7-6-13-9(14-7)3-1-2-4-9;/h7H,1-6H2,(H4,10,11,12);1H. The number of halogens is 1. The minimum Gasteiger partial charge on any atom is -0.370 e. The Labute approximate surface area is 107 Å². The Kier molecular flexibility index (Phi) is 4.60. The molecule has 0 aromatic rings. The van der Waals surface area contributed by atoms with E-state index in [4.69, 9.17) is 20.9 Å². The van der Waals surface area contributed by atoms with E-state index >= 15 is 0 Å². The number of guanidine groups is 1. The molecular weight excluding hydrogens is 309 g/mol. The molecule has 1 heterocycles. The van der Waals surface area contributed by atoms with Crippen molar-refractivity contribution in [1.29, 1.82) is 0 Å². The molecule has 4 N–H and O–H groups in total. The van der Waals surface area contributed by atoms with Gasteiger partial charge in [-0.25, -0.2) is 0 Å². The zero-order valence-electron chi connectivity index (χ0n) is 8.65. The Morgan fingerprint density at radius 1 is 1.33 bits per heavy atom. The minimum atomic E-state index is -0.302. The second kappa shape index (κ2) is 5.31. The summed E-state index contributed by atoms with van der Waals surface area (Å²) in [5, 5.41) is 0. The molecule has 2 aliphatic rings. The average molecular weight is 327 g/mol. The Morgan fingerprint density at radius 2 is 2.00 bits per heavy atom. The van der Waals surface area contributed by atoms with Crippen molar-refractivity contribution in [2.45, 2.75) is 37.6 Å². The van der Waals surface area contributed by atoms with Crippen LogP contribution in [0.5, 0.6) is 0 Å². The summed E-state index contributed by atoms with van der Waals surface area (Å²) in [7, 11) is 0. The van der Waals surface area contributed by atoms with E-state index in [1.54, 1.807) is 0 Å². The molecule has 15 heavy (non-hydrogen) atoms. The summed E-state index contributed by atoms with van der Waals surface area (Å²) >= 11 is 0. The molecule has 1 saturated heterocycles. The maximum Gasteiger partial charge on any atom is 0.186 e. The van der Waals surface area contributed by atoms with Crippen molar-refractivity contribution in [3.8, 4) is 0 Å². The van der Waals surface area contributed by atoms with E-state index in [1.165, 1.54) is 12.8 Å². The van der Waals surface area contributed by atoms with Gasteiger partial charge in [-0.1, -0.05) is 0 Å². The third-order valence-corrected chi connectivity index (χ3v) is 2.76. The second-order valence-corrected chi connectivity index (χ2v) is 3.93. The zero-order chi connectivity index (χ0) is 10.0. The van der Waals surface area contributed by atoms with Gasteiger partial charge < -0.3 is 20.9 Å². The maximum absolute atomic E-state index is 5.82. The first kappa shape index (κ1) is 13.0. The van der Waals surface area contributed by atoms with E-state index in [1.807, 2.05) is 0 Å². The fourth-order valence-electron chi connectivity index (χ4n) is 2.09. The fourth-order valence-corrected chi connectivity index (χ4v) is 2.09. The second-order valence-electron chi connectivity index (χ2n) is 3.93. The molecule has 6 heteroatoms. The van der Waals surface area contributed by atoms with Crippen LogP contribution in [0.25, 0.3) is 0 Å². The Balaban J connectivity index is 0.00000112. The van der Waals surface area contributed by atoms with Gasteiger partial charge in [-0.05, 0) is 12.8 Å². The molecule has 88 valence electrons. The molecule has 2 rings (SSSR count). The van der Waals surface area contributed by atoms with Crippen LogP contribution < -0.4 is 11.5 Å². The third kappa shape index (κ3) is 3.18. The highest BCUT2D eigenvalue weighted by Crippen LogP contribution is 2.39. The van der Waals surface area contributed by atoms with Gasteiger partial charge in [-0.3, -0.25) is 4.99 Å². The van der Waals surface area contributed by atoms with Crippen molar-refractivity contribution >= 4 is 29.9 Å². The van der Waals surface area contributed by atoms with Crippen LogP contribution in [-0.2, 0) is 9.47 Å². The van der Waals surface area contributed by atoms with Crippen molar-refractivity contribution < 1.29 is 9.47 Å². The van der Waals surface area contributed by atoms with Crippen LogP contribution in [0.15, 0.2) is 4.99 Å². The van der Waals surface area contributed by atoms with Crippen LogP contribution in [0.4, 0.5) is 0 Å². The Hall–Kier alpha value is -0.0800. The lowest BCUT2D eigenvalue weighted by atomic mass is 10.2. The van der Waals surface area contributed by atoms with Crippen molar-refractivity contribution in [1.82, 2.24) is 0 Å². The molecule has 0 bridgehead atoms. The summed E-state index contributed by atoms with van der Waals surface area (Å²) in [5.41, 5.74) is 10.5. The van der Waals surface area contributed by atoms with Gasteiger partial charge in [0.15, 0.2) is 11.7 Å². The van der Waals surface area contributed by atoms with E-state index in [-0.39, 0.29) is 41.8 Å². The van der Waals surface area contributed by atoms with Crippen LogP contribution in [0.3, 0.4) is 0 Å². The monoisotopic (exact) mass is 327 g/mol. The smallest absolute Gasteiger partial charge is 0.186 e. The number of nitrogens with zero attached hydrogens (tertiary/aromatic N) is 1. The van der Waals surface area contributed by atoms with Gasteiger partial charge in [0.25, 0.3) is 0 Å². The number of hydrogen-bond donors (Lipinski definition) is 2. The average Bonchev–Trinajstić information content (AvgIpc) is 2.74. The highest BCUT2D eigenvalue weighted by molar-refractivity contribution is 14.0. The lowest BCUT2D eigenvalue weighted by Crippen LogP contribution is -2.28. The highest BCUT2D eigenvalue weighted by atomic mass is 127. The molecule has 0 aromatic carbocycles. The first-order valence-corrected chi connectivity index (χ1v) is 5.07. The van der Waals surface area contributed by atoms with Gasteiger partial charge in [-0.2, -0.15) is 0 Å². The number of aliphatic imine (C=N–C) groups is 1. The fraction of sp³-hybridized carbons (Fsp3) is 0.889. The summed E-state index contributed by atoms with van der Waals surface area (Å²) in [6, 6.07) is 0. The largest absolute Gasteiger partial charge is 0.370 e. The molecule has 1 atom stereocenters. The SMILES string of the molecule is I.NC(N)=NCC1COC2(CCCC2)O1. The molecule has 1 unspecified atom stereocenters. The van der Waals surface area contributed by atoms with Gasteiger partial charge >= 0.3 is 0 Å². The molecule has 2 fully saturated rings. The predicted molar refractivity (Wildman–Crippen MR) is 68.1 cm³/mol. The van der Waals surface area contributed by atoms with Gasteiger partial charge in [0.05, 0.1) is 13.2 Å². The molecule has 0 aromatic heterocycles. The maximum atomic E-state index is 5.82. The summed E-state index contributed by atoms with van der Waals surface area (Å²) in [4.78, 5) is 3.93. The number of hydrogen-bond acceptors (Lipinski definition) is 3. The first-order valence-electron chi connectivity index (χ1n) is 5.07. The minimum absolute atomic E-state index is 0. The third-order valence-electron chi connectivity index (χ3n) is 2.76. The van der Waals surface area contributed by atoms with E-state index in [2.05, 4.69) is 4.99 Å². The van der Waals surface area contributed by atoms with Gasteiger partial charge in [0.2, 0.25) is 0 Å². The van der Waals surface area contributed by atoms with Crippen molar-refractivity contribution in [2.24, 2.45) is 16.5 Å². The lowest BCUT2D eigenvalue weighted by molar-refractivity contribution is -0.160. The molecule has 0 amide bonds. The van der Waals surface area contributed by atoms with Crippen molar-refractivity contribution in [3.63, 3.8) is 0 Å². The molecule has 5 nitrogen and oxygen atoms in total. The van der Waals surface area contributed by atoms with E-state index in [0.717, 1.165) is 12.8 Å². The first-order chi connectivity index (χ1) is 6.70. The summed E-state index contributed by atoms with van der Waals surface area (Å²) in [6.45, 7) is 1.11. The number of rotatable bonds is 2. The lowest BCUT2D eigenvalue weighted by Gasteiger charge is -2.21. The van der Waals surface area contributed by atoms with Crippen LogP contribution in [-0.4, -0.2) is 31.0 Å². The topological polar surface area (TPSA) is 82.9 Å². The molecule has 1 spiro atoms. The van der Waals surface area contributed by atoms with E-state index in [0.29, 0.717) is 13.2 Å². The summed E-state index contributed by atoms with van der Waals surface area (Å²) in [5.74, 6) is -0.190. The Morgan fingerprint density at radius 3 is 2.60 bits per heavy atom. The number of ether oxygens (including phenoxy) is 2. The Bertz CT molecular complexity index is 238. The van der Waals surface area contributed by atoms with E-state index < -0.39 is 0 Å². The van der Waals surface area contributed by atoms with Crippen molar-refractivity contribution in [2.75, 3.05) is 13.2 Å². The molecule has 1 saturated carbocycles. The van der Waals surface area contributed by atoms with Gasteiger partial charge in [0, 0.05) is 12.8 Å². The normalized spacial score (nSPS) is 27.6. The summed E-state index contributed by atoms with van der Waals surface area (Å²) < 4.78 is 11.5. The zero-order valence-corrected chi connectivity index (χ0v) is 11.0. The predicted octanol–water partition coefficient (Wildman–Crippen LogP) is 0.563. The molecular formula is C9H18IN3O2. The molecule has 0 radical (unpaired) electrons. The van der Waals surface area contributed by atoms with Crippen LogP contribution >= 0.6 is 24.0 Å². The summed E-state index contributed by atoms with van der Waals surface area (Å²) in [6.07, 6.45) is 4.41.